The predicted octanol–water partition coefficient (Wildman–Crippen LogP) is 4.37. The number of halogens is 1. The van der Waals surface area contributed by atoms with E-state index < -0.39 is 11.0 Å². The molecule has 1 amide bonds. The van der Waals surface area contributed by atoms with Gasteiger partial charge in [-0.25, -0.2) is 0 Å². The summed E-state index contributed by atoms with van der Waals surface area (Å²) in [5.41, 5.74) is 5.75. The van der Waals surface area contributed by atoms with Crippen molar-refractivity contribution in [2.24, 2.45) is 11.1 Å². The number of rotatable bonds is 6. The van der Waals surface area contributed by atoms with Gasteiger partial charge in [-0.2, -0.15) is 0 Å². The van der Waals surface area contributed by atoms with Gasteiger partial charge in [0.2, 0.25) is 5.91 Å². The van der Waals surface area contributed by atoms with E-state index in [1.807, 2.05) is 75.4 Å². The Kier molecular flexibility index (Phi) is 6.52. The number of carbonyl (C=O) groups is 1. The largest absolute Gasteiger partial charge is 0.457 e. The monoisotopic (exact) mass is 390 g/mol. The molecule has 1 saturated carbocycles. The van der Waals surface area contributed by atoms with Gasteiger partial charge in [0.1, 0.15) is 17.0 Å². The van der Waals surface area contributed by atoms with Crippen molar-refractivity contribution in [2.75, 3.05) is 11.9 Å². The van der Waals surface area contributed by atoms with Crippen molar-refractivity contribution in [1.29, 1.82) is 0 Å². The molecule has 0 aliphatic heterocycles. The molecule has 5 nitrogen and oxygen atoms in total. The van der Waals surface area contributed by atoms with Crippen molar-refractivity contribution in [3.63, 3.8) is 0 Å². The van der Waals surface area contributed by atoms with E-state index in [1.165, 1.54) is 0 Å². The molecule has 1 fully saturated rings. The molecule has 3 rings (SSSR count). The highest BCUT2D eigenvalue weighted by molar-refractivity contribution is 5.99. The second-order valence-electron chi connectivity index (χ2n) is 7.23. The summed E-state index contributed by atoms with van der Waals surface area (Å²) in [5, 5.41) is 2.92. The quantitative estimate of drug-likeness (QED) is 0.768. The van der Waals surface area contributed by atoms with Gasteiger partial charge in [0.25, 0.3) is 0 Å². The zero-order valence-electron chi connectivity index (χ0n) is 15.9. The van der Waals surface area contributed by atoms with Crippen LogP contribution in [-0.4, -0.2) is 24.2 Å². The Labute approximate surface area is 166 Å². The Balaban J connectivity index is 0.00000261. The van der Waals surface area contributed by atoms with E-state index in [1.54, 1.807) is 0 Å². The molecule has 0 aromatic heterocycles. The van der Waals surface area contributed by atoms with E-state index >= 15 is 0 Å². The van der Waals surface area contributed by atoms with Crippen LogP contribution in [0.4, 0.5) is 5.69 Å². The van der Waals surface area contributed by atoms with Crippen molar-refractivity contribution in [2.45, 2.75) is 38.8 Å². The molecule has 0 saturated heterocycles. The van der Waals surface area contributed by atoms with Crippen LogP contribution in [0, 0.1) is 5.41 Å². The van der Waals surface area contributed by atoms with Crippen molar-refractivity contribution in [3.8, 4) is 11.5 Å². The van der Waals surface area contributed by atoms with Gasteiger partial charge in [-0.15, -0.1) is 12.4 Å². The number of anilines is 1. The zero-order chi connectivity index (χ0) is 18.8. The molecular formula is C21H27ClN2O3. The molecule has 0 spiro atoms. The van der Waals surface area contributed by atoms with Crippen LogP contribution in [-0.2, 0) is 9.53 Å². The van der Waals surface area contributed by atoms with E-state index in [0.29, 0.717) is 24.5 Å². The Morgan fingerprint density at radius 3 is 2.26 bits per heavy atom. The number of hydrogen-bond acceptors (Lipinski definition) is 4. The van der Waals surface area contributed by atoms with Gasteiger partial charge >= 0.3 is 0 Å². The fourth-order valence-corrected chi connectivity index (χ4v) is 3.29. The number of nitrogens with two attached hydrogens (primary N) is 1. The highest BCUT2D eigenvalue weighted by Crippen LogP contribution is 2.50. The number of benzene rings is 2. The normalized spacial score (nSPS) is 22.9. The minimum atomic E-state index is -0.938. The average molecular weight is 391 g/mol. The second-order valence-corrected chi connectivity index (χ2v) is 7.23. The Morgan fingerprint density at radius 1 is 1.11 bits per heavy atom. The topological polar surface area (TPSA) is 73.6 Å². The van der Waals surface area contributed by atoms with Gasteiger partial charge in [-0.1, -0.05) is 32.0 Å². The summed E-state index contributed by atoms with van der Waals surface area (Å²) in [6, 6.07) is 16.8. The summed E-state index contributed by atoms with van der Waals surface area (Å²) in [4.78, 5) is 12.7. The van der Waals surface area contributed by atoms with Gasteiger partial charge < -0.3 is 20.5 Å². The third-order valence-electron chi connectivity index (χ3n) is 5.33. The van der Waals surface area contributed by atoms with Crippen molar-refractivity contribution in [3.05, 3.63) is 54.6 Å². The van der Waals surface area contributed by atoms with Crippen molar-refractivity contribution >= 4 is 24.0 Å². The number of amides is 1. The standard InChI is InChI=1S/C21H26N2O3.ClH/c1-4-25-18-14-21(22,20(18,2)3)19(24)23-15-10-12-17(13-11-15)26-16-8-6-5-7-9-16;/h5-13,18H,4,14,22H2,1-3H3,(H,23,24);1H. The SMILES string of the molecule is CCOC1CC(N)(C(=O)Nc2ccc(Oc3ccccc3)cc2)C1(C)C.Cl. The first-order valence-electron chi connectivity index (χ1n) is 8.92. The van der Waals surface area contributed by atoms with Crippen LogP contribution >= 0.6 is 12.4 Å². The molecule has 0 bridgehead atoms. The lowest BCUT2D eigenvalue weighted by Gasteiger charge is -2.57. The first kappa shape index (κ1) is 21.2. The Morgan fingerprint density at radius 2 is 1.70 bits per heavy atom. The third-order valence-corrected chi connectivity index (χ3v) is 5.33. The molecule has 1 aliphatic carbocycles. The smallest absolute Gasteiger partial charge is 0.245 e. The minimum Gasteiger partial charge on any atom is -0.457 e. The van der Waals surface area contributed by atoms with E-state index in [2.05, 4.69) is 5.32 Å². The number of carbonyl (C=O) groups excluding carboxylic acids is 1. The maximum atomic E-state index is 12.7. The maximum absolute atomic E-state index is 12.7. The maximum Gasteiger partial charge on any atom is 0.245 e. The Bertz CT molecular complexity index is 765. The number of hydrogen-bond donors (Lipinski definition) is 2. The lowest BCUT2D eigenvalue weighted by Crippen LogP contribution is -2.74. The van der Waals surface area contributed by atoms with E-state index in [-0.39, 0.29) is 24.4 Å². The van der Waals surface area contributed by atoms with Crippen LogP contribution in [0.2, 0.25) is 0 Å². The summed E-state index contributed by atoms with van der Waals surface area (Å²) in [5.74, 6) is 1.29. The molecule has 2 aromatic carbocycles. The molecule has 2 atom stereocenters. The van der Waals surface area contributed by atoms with Gasteiger partial charge in [0.05, 0.1) is 6.10 Å². The van der Waals surface area contributed by atoms with Crippen LogP contribution in [0.5, 0.6) is 11.5 Å². The number of ether oxygens (including phenoxy) is 2. The van der Waals surface area contributed by atoms with Gasteiger partial charge in [-0.3, -0.25) is 4.79 Å². The highest BCUT2D eigenvalue weighted by atomic mass is 35.5. The minimum absolute atomic E-state index is 0. The molecule has 146 valence electrons. The number of nitrogens with one attached hydrogen (secondary N) is 1. The average Bonchev–Trinajstić information content (AvgIpc) is 2.64. The fraction of sp³-hybridized carbons (Fsp3) is 0.381. The predicted molar refractivity (Wildman–Crippen MR) is 110 cm³/mol. The molecule has 2 unspecified atom stereocenters. The molecule has 0 heterocycles. The molecule has 0 radical (unpaired) electrons. The van der Waals surface area contributed by atoms with Crippen LogP contribution in [0.1, 0.15) is 27.2 Å². The zero-order valence-corrected chi connectivity index (χ0v) is 16.7. The van der Waals surface area contributed by atoms with Crippen LogP contribution < -0.4 is 15.8 Å². The number of para-hydroxylation sites is 1. The van der Waals surface area contributed by atoms with Gasteiger partial charge in [0, 0.05) is 24.1 Å². The molecule has 3 N–H and O–H groups in total. The lowest BCUT2D eigenvalue weighted by atomic mass is 9.54. The van der Waals surface area contributed by atoms with Crippen LogP contribution in [0.15, 0.2) is 54.6 Å². The van der Waals surface area contributed by atoms with Gasteiger partial charge in [0.15, 0.2) is 0 Å². The molecule has 2 aromatic rings. The molecule has 1 aliphatic rings. The second kappa shape index (κ2) is 8.30. The lowest BCUT2D eigenvalue weighted by molar-refractivity contribution is -0.166. The first-order chi connectivity index (χ1) is 12.4. The van der Waals surface area contributed by atoms with Gasteiger partial charge in [-0.05, 0) is 43.3 Å². The van der Waals surface area contributed by atoms with Crippen LogP contribution in [0.3, 0.4) is 0 Å². The highest BCUT2D eigenvalue weighted by Gasteiger charge is 2.62. The summed E-state index contributed by atoms with van der Waals surface area (Å²) in [6.07, 6.45) is 0.527. The fourth-order valence-electron chi connectivity index (χ4n) is 3.29. The molecule has 27 heavy (non-hydrogen) atoms. The van der Waals surface area contributed by atoms with Crippen molar-refractivity contribution < 1.29 is 14.3 Å². The van der Waals surface area contributed by atoms with E-state index in [0.717, 1.165) is 5.75 Å². The molecular weight excluding hydrogens is 364 g/mol. The summed E-state index contributed by atoms with van der Waals surface area (Å²) in [7, 11) is 0. The third kappa shape index (κ3) is 4.10. The Hall–Kier alpha value is -2.08. The summed E-state index contributed by atoms with van der Waals surface area (Å²) in [6.45, 7) is 6.53. The summed E-state index contributed by atoms with van der Waals surface area (Å²) >= 11 is 0. The summed E-state index contributed by atoms with van der Waals surface area (Å²) < 4.78 is 11.4. The van der Waals surface area contributed by atoms with E-state index in [9.17, 15) is 4.79 Å². The first-order valence-corrected chi connectivity index (χ1v) is 8.92. The van der Waals surface area contributed by atoms with Crippen molar-refractivity contribution in [1.82, 2.24) is 0 Å². The molecule has 6 heteroatoms. The van der Waals surface area contributed by atoms with E-state index in [4.69, 9.17) is 15.2 Å². The van der Waals surface area contributed by atoms with Crippen LogP contribution in [0.25, 0.3) is 0 Å².